The zero-order valence-corrected chi connectivity index (χ0v) is 6.21. The van der Waals surface area contributed by atoms with E-state index in [4.69, 9.17) is 0 Å². The van der Waals surface area contributed by atoms with Crippen molar-refractivity contribution in [1.82, 2.24) is 0 Å². The third-order valence-corrected chi connectivity index (χ3v) is 1.23. The van der Waals surface area contributed by atoms with Crippen molar-refractivity contribution in [2.75, 3.05) is 7.11 Å². The Labute approximate surface area is 66.9 Å². The highest BCUT2D eigenvalue weighted by Crippen LogP contribution is 2.21. The second-order valence-electron chi connectivity index (χ2n) is 1.99. The van der Waals surface area contributed by atoms with E-state index >= 15 is 0 Å². The van der Waals surface area contributed by atoms with Gasteiger partial charge < -0.3 is 9.15 Å². The van der Waals surface area contributed by atoms with Crippen LogP contribution in [0, 0.1) is 0 Å². The third-order valence-electron chi connectivity index (χ3n) is 1.23. The molecule has 1 aromatic heterocycles. The van der Waals surface area contributed by atoms with Gasteiger partial charge in [-0.25, -0.2) is 13.6 Å². The monoisotopic (exact) mass is 176 g/mol. The van der Waals surface area contributed by atoms with E-state index in [0.717, 1.165) is 19.2 Å². The summed E-state index contributed by atoms with van der Waals surface area (Å²) in [6.45, 7) is 0. The molecule has 0 saturated heterocycles. The normalized spacial score (nSPS) is 10.3. The Hall–Kier alpha value is -1.39. The lowest BCUT2D eigenvalue weighted by atomic mass is 10.4. The fourth-order valence-corrected chi connectivity index (χ4v) is 0.680. The van der Waals surface area contributed by atoms with Crippen LogP contribution in [0.1, 0.15) is 22.7 Å². The molecule has 0 atom stereocenters. The number of hydrogen-bond donors (Lipinski definition) is 0. The molecule has 0 aromatic carbocycles. The predicted molar refractivity (Wildman–Crippen MR) is 35.0 cm³/mol. The Morgan fingerprint density at radius 2 is 2.25 bits per heavy atom. The molecular formula is C7H6F2O3. The number of furan rings is 1. The lowest BCUT2D eigenvalue weighted by Crippen LogP contribution is -1.98. The van der Waals surface area contributed by atoms with Gasteiger partial charge in [0.1, 0.15) is 0 Å². The van der Waals surface area contributed by atoms with Crippen molar-refractivity contribution in [3.63, 3.8) is 0 Å². The molecule has 0 radical (unpaired) electrons. The highest BCUT2D eigenvalue weighted by Gasteiger charge is 2.16. The number of methoxy groups -OCH3 is 1. The standard InChI is InChI=1S/C7H6F2O3/c1-11-7(10)5-3-2-4(12-5)6(8)9/h2-3,6H,1H3. The molecular weight excluding hydrogens is 170 g/mol. The SMILES string of the molecule is COC(=O)c1ccc(C(F)F)o1. The molecule has 0 bridgehead atoms. The molecule has 1 heterocycles. The van der Waals surface area contributed by atoms with Gasteiger partial charge in [-0.15, -0.1) is 0 Å². The summed E-state index contributed by atoms with van der Waals surface area (Å²) in [7, 11) is 1.15. The van der Waals surface area contributed by atoms with Gasteiger partial charge in [0.25, 0.3) is 6.43 Å². The first-order chi connectivity index (χ1) is 5.65. The van der Waals surface area contributed by atoms with Crippen molar-refractivity contribution >= 4 is 5.97 Å². The fraction of sp³-hybridized carbons (Fsp3) is 0.286. The number of esters is 1. The van der Waals surface area contributed by atoms with E-state index < -0.39 is 18.2 Å². The Morgan fingerprint density at radius 3 is 2.67 bits per heavy atom. The van der Waals surface area contributed by atoms with E-state index in [2.05, 4.69) is 9.15 Å². The fourth-order valence-electron chi connectivity index (χ4n) is 0.680. The molecule has 0 aliphatic rings. The number of alkyl halides is 2. The van der Waals surface area contributed by atoms with Crippen molar-refractivity contribution in [3.8, 4) is 0 Å². The summed E-state index contributed by atoms with van der Waals surface area (Å²) in [5.74, 6) is -1.51. The highest BCUT2D eigenvalue weighted by atomic mass is 19.3. The molecule has 0 unspecified atom stereocenters. The van der Waals surface area contributed by atoms with Gasteiger partial charge in [0, 0.05) is 0 Å². The summed E-state index contributed by atoms with van der Waals surface area (Å²) in [5.41, 5.74) is 0. The Morgan fingerprint density at radius 1 is 1.58 bits per heavy atom. The van der Waals surface area contributed by atoms with Gasteiger partial charge in [0.05, 0.1) is 7.11 Å². The smallest absolute Gasteiger partial charge is 0.373 e. The van der Waals surface area contributed by atoms with Crippen LogP contribution < -0.4 is 0 Å². The minimum Gasteiger partial charge on any atom is -0.463 e. The molecule has 1 rings (SSSR count). The number of ether oxygens (including phenoxy) is 1. The van der Waals surface area contributed by atoms with E-state index in [1.165, 1.54) is 0 Å². The van der Waals surface area contributed by atoms with Gasteiger partial charge in [-0.3, -0.25) is 0 Å². The Kier molecular flexibility index (Phi) is 2.42. The van der Waals surface area contributed by atoms with Crippen molar-refractivity contribution < 1.29 is 22.7 Å². The quantitative estimate of drug-likeness (QED) is 0.647. The van der Waals surface area contributed by atoms with Gasteiger partial charge in [0.2, 0.25) is 5.76 Å². The molecule has 1 aromatic rings. The summed E-state index contributed by atoms with van der Waals surface area (Å²) in [6, 6.07) is 2.18. The maximum atomic E-state index is 11.9. The van der Waals surface area contributed by atoms with Crippen LogP contribution in [0.2, 0.25) is 0 Å². The van der Waals surface area contributed by atoms with Crippen molar-refractivity contribution in [2.45, 2.75) is 6.43 Å². The van der Waals surface area contributed by atoms with Crippen LogP contribution in [0.25, 0.3) is 0 Å². The molecule has 0 fully saturated rings. The molecule has 0 N–H and O–H groups in total. The summed E-state index contributed by atoms with van der Waals surface area (Å²) in [6.07, 6.45) is -2.71. The largest absolute Gasteiger partial charge is 0.463 e. The Balaban J connectivity index is 2.84. The van der Waals surface area contributed by atoms with Gasteiger partial charge in [-0.2, -0.15) is 0 Å². The van der Waals surface area contributed by atoms with Gasteiger partial charge in [-0.05, 0) is 12.1 Å². The minimum absolute atomic E-state index is 0.215. The maximum absolute atomic E-state index is 11.9. The minimum atomic E-state index is -2.71. The molecule has 0 amide bonds. The van der Waals surface area contributed by atoms with E-state index in [1.807, 2.05) is 0 Å². The van der Waals surface area contributed by atoms with Crippen molar-refractivity contribution in [3.05, 3.63) is 23.7 Å². The first-order valence-corrected chi connectivity index (χ1v) is 3.11. The molecule has 12 heavy (non-hydrogen) atoms. The molecule has 3 nitrogen and oxygen atoms in total. The third kappa shape index (κ3) is 1.61. The summed E-state index contributed by atoms with van der Waals surface area (Å²) < 4.78 is 32.5. The van der Waals surface area contributed by atoms with Crippen LogP contribution in [0.4, 0.5) is 8.78 Å². The average molecular weight is 176 g/mol. The van der Waals surface area contributed by atoms with Gasteiger partial charge >= 0.3 is 5.97 Å². The van der Waals surface area contributed by atoms with Gasteiger partial charge in [0.15, 0.2) is 5.76 Å². The van der Waals surface area contributed by atoms with Crippen LogP contribution in [-0.2, 0) is 4.74 Å². The molecule has 0 aliphatic heterocycles. The second kappa shape index (κ2) is 3.34. The first-order valence-electron chi connectivity index (χ1n) is 3.11. The second-order valence-corrected chi connectivity index (χ2v) is 1.99. The first kappa shape index (κ1) is 8.70. The number of carbonyl (C=O) groups excluding carboxylic acids is 1. The number of rotatable bonds is 2. The van der Waals surface area contributed by atoms with E-state index in [-0.39, 0.29) is 5.76 Å². The van der Waals surface area contributed by atoms with Crippen molar-refractivity contribution in [2.24, 2.45) is 0 Å². The van der Waals surface area contributed by atoms with Crippen LogP contribution in [0.3, 0.4) is 0 Å². The van der Waals surface area contributed by atoms with Gasteiger partial charge in [-0.1, -0.05) is 0 Å². The van der Waals surface area contributed by atoms with Crippen molar-refractivity contribution in [1.29, 1.82) is 0 Å². The topological polar surface area (TPSA) is 39.4 Å². The molecule has 0 spiro atoms. The van der Waals surface area contributed by atoms with E-state index in [1.54, 1.807) is 0 Å². The maximum Gasteiger partial charge on any atom is 0.373 e. The summed E-state index contributed by atoms with van der Waals surface area (Å²) in [4.78, 5) is 10.7. The average Bonchev–Trinajstić information content (AvgIpc) is 2.51. The van der Waals surface area contributed by atoms with E-state index in [9.17, 15) is 13.6 Å². The highest BCUT2D eigenvalue weighted by molar-refractivity contribution is 5.86. The number of carbonyl (C=O) groups is 1. The lowest BCUT2D eigenvalue weighted by molar-refractivity contribution is 0.0549. The van der Waals surface area contributed by atoms with E-state index in [0.29, 0.717) is 0 Å². The van der Waals surface area contributed by atoms with Crippen LogP contribution in [0.5, 0.6) is 0 Å². The Bertz CT molecular complexity index is 280. The summed E-state index contributed by atoms with van der Waals surface area (Å²) >= 11 is 0. The van der Waals surface area contributed by atoms with Crippen LogP contribution >= 0.6 is 0 Å². The predicted octanol–water partition coefficient (Wildman–Crippen LogP) is 2.00. The molecule has 0 saturated carbocycles. The van der Waals surface area contributed by atoms with Crippen LogP contribution in [-0.4, -0.2) is 13.1 Å². The summed E-state index contributed by atoms with van der Waals surface area (Å²) in [5, 5.41) is 0. The molecule has 66 valence electrons. The zero-order chi connectivity index (χ0) is 9.14. The van der Waals surface area contributed by atoms with Crippen LogP contribution in [0.15, 0.2) is 16.5 Å². The zero-order valence-electron chi connectivity index (χ0n) is 6.21. The lowest BCUT2D eigenvalue weighted by Gasteiger charge is -1.93. The number of halogens is 2. The molecule has 0 aliphatic carbocycles. The number of hydrogen-bond acceptors (Lipinski definition) is 3. The molecule has 5 heteroatoms.